The van der Waals surface area contributed by atoms with Gasteiger partial charge >= 0.3 is 6.18 Å². The summed E-state index contributed by atoms with van der Waals surface area (Å²) >= 11 is 0. The highest BCUT2D eigenvalue weighted by Gasteiger charge is 2.50. The van der Waals surface area contributed by atoms with Gasteiger partial charge in [-0.15, -0.1) is 0 Å². The molecule has 3 heterocycles. The van der Waals surface area contributed by atoms with E-state index in [0.717, 1.165) is 6.07 Å². The van der Waals surface area contributed by atoms with E-state index in [-0.39, 0.29) is 22.8 Å². The second-order valence-electron chi connectivity index (χ2n) is 8.82. The molecule has 2 aromatic rings. The van der Waals surface area contributed by atoms with Crippen LogP contribution in [0.3, 0.4) is 0 Å². The van der Waals surface area contributed by atoms with E-state index in [2.05, 4.69) is 5.10 Å². The number of hydrogen-bond donors (Lipinski definition) is 0. The Balaban J connectivity index is 1.60. The van der Waals surface area contributed by atoms with E-state index in [4.69, 9.17) is 10.00 Å². The fraction of sp³-hybridized carbons (Fsp3) is 0.522. The van der Waals surface area contributed by atoms with Crippen molar-refractivity contribution in [1.82, 2.24) is 14.7 Å². The van der Waals surface area contributed by atoms with Crippen molar-refractivity contribution in [2.24, 2.45) is 18.4 Å². The molecule has 1 aromatic heterocycles. The number of halogens is 3. The number of aromatic nitrogens is 2. The number of alkyl halides is 3. The highest BCUT2D eigenvalue weighted by atomic mass is 19.4. The van der Waals surface area contributed by atoms with Crippen LogP contribution in [0, 0.1) is 22.7 Å². The molecule has 2 fully saturated rings. The van der Waals surface area contributed by atoms with Gasteiger partial charge in [0.15, 0.2) is 0 Å². The number of carbonyl (C=O) groups excluding carboxylic acids is 1. The van der Waals surface area contributed by atoms with E-state index in [1.54, 1.807) is 41.2 Å². The van der Waals surface area contributed by atoms with E-state index < -0.39 is 11.7 Å². The van der Waals surface area contributed by atoms with Gasteiger partial charge in [0.1, 0.15) is 0 Å². The molecule has 0 radical (unpaired) electrons. The summed E-state index contributed by atoms with van der Waals surface area (Å²) in [5.74, 6) is -0.0484. The van der Waals surface area contributed by atoms with Crippen molar-refractivity contribution in [1.29, 1.82) is 5.26 Å². The molecule has 7 nitrogen and oxygen atoms in total. The van der Waals surface area contributed by atoms with Crippen LogP contribution in [-0.2, 0) is 18.0 Å². The lowest BCUT2D eigenvalue weighted by molar-refractivity contribution is -0.137. The second kappa shape index (κ2) is 8.71. The highest BCUT2D eigenvalue weighted by molar-refractivity contribution is 5.93. The summed E-state index contributed by atoms with van der Waals surface area (Å²) in [4.78, 5) is 16.7. The predicted octanol–water partition coefficient (Wildman–Crippen LogP) is 3.32. The second-order valence-corrected chi connectivity index (χ2v) is 8.82. The quantitative estimate of drug-likeness (QED) is 0.683. The van der Waals surface area contributed by atoms with E-state index in [9.17, 15) is 18.0 Å². The Kier molecular flexibility index (Phi) is 6.10. The minimum atomic E-state index is -4.61. The SMILES string of the molecule is CCOCC12CCN(C(=O)c3cnn(C)c3)CC1CN(c1ccc(C#N)c(C(F)(F)F)c1)C2. The maximum Gasteiger partial charge on any atom is 0.417 e. The first-order valence-corrected chi connectivity index (χ1v) is 10.9. The molecule has 0 saturated carbocycles. The van der Waals surface area contributed by atoms with Crippen LogP contribution in [0.4, 0.5) is 18.9 Å². The number of rotatable bonds is 5. The standard InChI is InChI=1S/C23H26F3N5O2/c1-3-33-15-22-6-7-30(21(32)17-10-28-29(2)11-17)12-18(22)13-31(14-22)19-5-4-16(9-27)20(8-19)23(24,25)26/h4-5,8,10-11,18H,3,6-7,12-15H2,1-2H3. The zero-order valence-electron chi connectivity index (χ0n) is 18.6. The molecule has 2 aliphatic rings. The number of likely N-dealkylation sites (tertiary alicyclic amines) is 1. The monoisotopic (exact) mass is 461 g/mol. The van der Waals surface area contributed by atoms with Gasteiger partial charge in [0.05, 0.1) is 35.6 Å². The Morgan fingerprint density at radius 1 is 1.36 bits per heavy atom. The minimum Gasteiger partial charge on any atom is -0.381 e. The van der Waals surface area contributed by atoms with E-state index >= 15 is 0 Å². The van der Waals surface area contributed by atoms with Gasteiger partial charge in [0.25, 0.3) is 5.91 Å². The highest BCUT2D eigenvalue weighted by Crippen LogP contribution is 2.45. The maximum absolute atomic E-state index is 13.5. The molecule has 1 aromatic carbocycles. The van der Waals surface area contributed by atoms with Gasteiger partial charge in [-0.3, -0.25) is 9.48 Å². The smallest absolute Gasteiger partial charge is 0.381 e. The number of ether oxygens (including phenoxy) is 1. The maximum atomic E-state index is 13.5. The molecular formula is C23H26F3N5O2. The Hall–Kier alpha value is -3.06. The Morgan fingerprint density at radius 3 is 2.79 bits per heavy atom. The molecule has 2 atom stereocenters. The molecule has 1 amide bonds. The summed E-state index contributed by atoms with van der Waals surface area (Å²) in [5.41, 5.74) is -0.623. The number of anilines is 1. The Bertz CT molecular complexity index is 1080. The number of nitrogens with zero attached hydrogens (tertiary/aromatic N) is 5. The van der Waals surface area contributed by atoms with E-state index in [0.29, 0.717) is 57.1 Å². The van der Waals surface area contributed by atoms with Gasteiger partial charge < -0.3 is 14.5 Å². The molecule has 0 aliphatic carbocycles. The van der Waals surface area contributed by atoms with Gasteiger partial charge in [-0.2, -0.15) is 23.5 Å². The van der Waals surface area contributed by atoms with Crippen molar-refractivity contribution in [3.05, 3.63) is 47.3 Å². The molecule has 0 N–H and O–H groups in total. The number of benzene rings is 1. The largest absolute Gasteiger partial charge is 0.417 e. The average molecular weight is 461 g/mol. The number of fused-ring (bicyclic) bond motifs is 1. The summed E-state index contributed by atoms with van der Waals surface area (Å²) in [6.45, 7) is 5.04. The fourth-order valence-corrected chi connectivity index (χ4v) is 4.98. The van der Waals surface area contributed by atoms with Crippen molar-refractivity contribution in [2.75, 3.05) is 44.3 Å². The summed E-state index contributed by atoms with van der Waals surface area (Å²) < 4.78 is 47.9. The third kappa shape index (κ3) is 4.42. The van der Waals surface area contributed by atoms with Crippen molar-refractivity contribution >= 4 is 11.6 Å². The van der Waals surface area contributed by atoms with Gasteiger partial charge in [-0.25, -0.2) is 0 Å². The number of aryl methyl sites for hydroxylation is 1. The molecule has 4 rings (SSSR count). The minimum absolute atomic E-state index is 0.0448. The average Bonchev–Trinajstić information content (AvgIpc) is 3.39. The van der Waals surface area contributed by atoms with Crippen LogP contribution in [0.1, 0.15) is 34.8 Å². The summed E-state index contributed by atoms with van der Waals surface area (Å²) in [6.07, 6.45) is -0.687. The molecule has 2 aliphatic heterocycles. The zero-order valence-corrected chi connectivity index (χ0v) is 18.6. The Morgan fingerprint density at radius 2 is 2.15 bits per heavy atom. The molecule has 33 heavy (non-hydrogen) atoms. The number of nitriles is 1. The topological polar surface area (TPSA) is 74.4 Å². The summed E-state index contributed by atoms with van der Waals surface area (Å²) in [6, 6.07) is 5.49. The number of amides is 1. The van der Waals surface area contributed by atoms with Crippen molar-refractivity contribution < 1.29 is 22.7 Å². The summed E-state index contributed by atoms with van der Waals surface area (Å²) in [5, 5.41) is 13.2. The van der Waals surface area contributed by atoms with Crippen LogP contribution in [0.5, 0.6) is 0 Å². The normalized spacial score (nSPS) is 22.8. The van der Waals surface area contributed by atoms with Gasteiger partial charge in [-0.1, -0.05) is 0 Å². The van der Waals surface area contributed by atoms with Crippen LogP contribution >= 0.6 is 0 Å². The molecule has 176 valence electrons. The molecule has 10 heteroatoms. The van der Waals surface area contributed by atoms with Crippen molar-refractivity contribution in [3.8, 4) is 6.07 Å². The third-order valence-electron chi connectivity index (χ3n) is 6.76. The first-order chi connectivity index (χ1) is 15.7. The lowest BCUT2D eigenvalue weighted by atomic mass is 9.73. The van der Waals surface area contributed by atoms with Gasteiger partial charge in [0, 0.05) is 63.1 Å². The van der Waals surface area contributed by atoms with Crippen molar-refractivity contribution in [3.63, 3.8) is 0 Å². The summed E-state index contributed by atoms with van der Waals surface area (Å²) in [7, 11) is 1.75. The van der Waals surface area contributed by atoms with Gasteiger partial charge in [-0.05, 0) is 31.5 Å². The third-order valence-corrected chi connectivity index (χ3v) is 6.76. The molecule has 2 saturated heterocycles. The molecule has 0 spiro atoms. The van der Waals surface area contributed by atoms with Crippen LogP contribution < -0.4 is 4.90 Å². The van der Waals surface area contributed by atoms with Crippen LogP contribution in [0.15, 0.2) is 30.6 Å². The molecule has 0 bridgehead atoms. The lowest BCUT2D eigenvalue weighted by Crippen LogP contribution is -2.51. The molecular weight excluding hydrogens is 435 g/mol. The van der Waals surface area contributed by atoms with E-state index in [1.807, 2.05) is 11.8 Å². The van der Waals surface area contributed by atoms with Crippen LogP contribution in [-0.4, -0.2) is 60.0 Å². The number of piperidine rings is 1. The van der Waals surface area contributed by atoms with Crippen LogP contribution in [0.2, 0.25) is 0 Å². The first-order valence-electron chi connectivity index (χ1n) is 10.9. The fourth-order valence-electron chi connectivity index (χ4n) is 4.98. The van der Waals surface area contributed by atoms with E-state index in [1.165, 1.54) is 6.07 Å². The van der Waals surface area contributed by atoms with Crippen molar-refractivity contribution in [2.45, 2.75) is 19.5 Å². The number of carbonyl (C=O) groups is 1. The first kappa shape index (κ1) is 23.1. The lowest BCUT2D eigenvalue weighted by Gasteiger charge is -2.43. The Labute approximate surface area is 190 Å². The number of hydrogen-bond acceptors (Lipinski definition) is 5. The van der Waals surface area contributed by atoms with Gasteiger partial charge in [0.2, 0.25) is 0 Å². The molecule has 2 unspecified atom stereocenters. The van der Waals surface area contributed by atoms with Crippen LogP contribution in [0.25, 0.3) is 0 Å². The predicted molar refractivity (Wildman–Crippen MR) is 115 cm³/mol. The zero-order chi connectivity index (χ0) is 23.8.